The second-order valence-corrected chi connectivity index (χ2v) is 5.09. The van der Waals surface area contributed by atoms with Gasteiger partial charge in [0.15, 0.2) is 0 Å². The number of carboxylic acids is 2. The third-order valence-corrected chi connectivity index (χ3v) is 3.15. The predicted molar refractivity (Wildman–Crippen MR) is 147 cm³/mol. The number of aromatic carboxylic acids is 2. The molecule has 3 N–H and O–H groups in total. The molecule has 2 aromatic carbocycles. The molecule has 0 heterocycles. The largest absolute Gasteiger partial charge is 1.00 e. The molecule has 0 saturated carbocycles. The van der Waals surface area contributed by atoms with Crippen LogP contribution < -0.4 is 0 Å². The normalized spacial score (nSPS) is 7.63. The van der Waals surface area contributed by atoms with Crippen LogP contribution >= 0.6 is 61.2 Å². The summed E-state index contributed by atoms with van der Waals surface area (Å²) in [5.41, 5.74) is 2.19. The third kappa shape index (κ3) is 27.9. The fourth-order valence-corrected chi connectivity index (χ4v) is 1.75. The monoisotopic (exact) mass is 1020 g/mol. The molecule has 0 aliphatic heterocycles. The van der Waals surface area contributed by atoms with Gasteiger partial charge in [-0.2, -0.15) is 0 Å². The van der Waals surface area contributed by atoms with Crippen LogP contribution in [0.2, 0.25) is 0 Å². The number of halogens is 3. The topological polar surface area (TPSA) is 190 Å². The van der Waals surface area contributed by atoms with Gasteiger partial charge in [0, 0.05) is 59.6 Å². The van der Waals surface area contributed by atoms with Gasteiger partial charge in [-0.05, 0) is 41.8 Å². The van der Waals surface area contributed by atoms with Gasteiger partial charge in [-0.25, -0.2) is 9.59 Å². The SMILES string of the molecule is CCc1ccc(C(=O)O)cc1.I.II.O=C(O)c1ccc(CO[N+](=O)[O-])cc1.O=[N+]([O-])O.[Ag+].[Ag].[CH3-]. The Bertz CT molecular complexity index is 841. The minimum atomic E-state index is -1.50. The van der Waals surface area contributed by atoms with E-state index in [1.54, 1.807) is 12.1 Å². The van der Waals surface area contributed by atoms with Gasteiger partial charge in [-0.3, -0.25) is 0 Å². The van der Waals surface area contributed by atoms with Crippen molar-refractivity contribution >= 4 is 73.1 Å². The molecule has 0 bridgehead atoms. The molecular weight excluding hydrogens is 1000 g/mol. The van der Waals surface area contributed by atoms with Crippen molar-refractivity contribution in [1.29, 1.82) is 0 Å². The molecule has 17 heteroatoms. The molecule has 0 aliphatic carbocycles. The summed E-state index contributed by atoms with van der Waals surface area (Å²) in [7, 11) is 0. The van der Waals surface area contributed by atoms with Crippen LogP contribution in [0.5, 0.6) is 0 Å². The molecule has 0 amide bonds. The van der Waals surface area contributed by atoms with Crippen molar-refractivity contribution < 1.29 is 84.8 Å². The van der Waals surface area contributed by atoms with Gasteiger partial charge >= 0.3 is 34.3 Å². The van der Waals surface area contributed by atoms with Gasteiger partial charge in [0.05, 0.1) is 11.1 Å². The maximum absolute atomic E-state index is 10.4. The van der Waals surface area contributed by atoms with E-state index in [-0.39, 0.29) is 88.3 Å². The first-order chi connectivity index (χ1) is 14.6. The summed E-state index contributed by atoms with van der Waals surface area (Å²) >= 11 is 4.24. The average Bonchev–Trinajstić information content (AvgIpc) is 2.74. The van der Waals surface area contributed by atoms with E-state index in [1.807, 2.05) is 19.1 Å². The zero-order valence-corrected chi connectivity index (χ0v) is 27.5. The third-order valence-electron chi connectivity index (χ3n) is 3.15. The van der Waals surface area contributed by atoms with Gasteiger partial charge in [0.2, 0.25) is 0 Å². The van der Waals surface area contributed by atoms with Crippen LogP contribution in [0.1, 0.15) is 38.8 Å². The Hall–Kier alpha value is -0.549. The number of rotatable bonds is 6. The first-order valence-corrected chi connectivity index (χ1v) is 14.2. The van der Waals surface area contributed by atoms with Crippen LogP contribution in [0.15, 0.2) is 48.5 Å². The molecule has 0 aromatic heterocycles. The van der Waals surface area contributed by atoms with Crippen molar-refractivity contribution in [2.24, 2.45) is 0 Å². The van der Waals surface area contributed by atoms with E-state index < -0.39 is 22.1 Å². The molecule has 35 heavy (non-hydrogen) atoms. The van der Waals surface area contributed by atoms with E-state index in [0.717, 1.165) is 12.0 Å². The molecule has 207 valence electrons. The maximum Gasteiger partial charge on any atom is 1.00 e. The molecule has 0 aliphatic rings. The Kier molecular flexibility index (Phi) is 40.4. The van der Waals surface area contributed by atoms with E-state index >= 15 is 0 Å². The molecule has 1 radical (unpaired) electrons. The van der Waals surface area contributed by atoms with Gasteiger partial charge in [0.1, 0.15) is 6.61 Å². The van der Waals surface area contributed by atoms with E-state index in [2.05, 4.69) is 42.1 Å². The Labute approximate surface area is 273 Å². The number of hydrogen-bond donors (Lipinski definition) is 3. The zero-order valence-electron chi connectivity index (χ0n) is 17.9. The van der Waals surface area contributed by atoms with Crippen molar-refractivity contribution in [2.45, 2.75) is 20.0 Å². The van der Waals surface area contributed by atoms with E-state index in [1.165, 1.54) is 24.3 Å². The van der Waals surface area contributed by atoms with Crippen LogP contribution in [0.3, 0.4) is 0 Å². The predicted octanol–water partition coefficient (Wildman–Crippen LogP) is 5.53. The minimum absolute atomic E-state index is 0. The average molecular weight is 1020 g/mol. The maximum atomic E-state index is 10.4. The molecule has 12 nitrogen and oxygen atoms in total. The molecule has 0 spiro atoms. The summed E-state index contributed by atoms with van der Waals surface area (Å²) in [4.78, 5) is 43.1. The first-order valence-electron chi connectivity index (χ1n) is 7.96. The van der Waals surface area contributed by atoms with Crippen LogP contribution in [0, 0.1) is 27.7 Å². The Morgan fingerprint density at radius 3 is 1.40 bits per heavy atom. The summed E-state index contributed by atoms with van der Waals surface area (Å²) in [5.74, 6) is -1.90. The molecule has 0 atom stereocenters. The summed E-state index contributed by atoms with van der Waals surface area (Å²) < 4.78 is 0. The van der Waals surface area contributed by atoms with E-state index in [4.69, 9.17) is 25.5 Å². The number of benzene rings is 2. The van der Waals surface area contributed by atoms with Crippen molar-refractivity contribution in [1.82, 2.24) is 0 Å². The second kappa shape index (κ2) is 29.7. The fourth-order valence-electron chi connectivity index (χ4n) is 1.75. The molecular formula is C18H22Ag2I3N2O10. The zero-order chi connectivity index (χ0) is 24.4. The smallest absolute Gasteiger partial charge is 0.478 e. The van der Waals surface area contributed by atoms with E-state index in [9.17, 15) is 19.7 Å². The molecule has 2 aromatic rings. The second-order valence-electron chi connectivity index (χ2n) is 5.09. The van der Waals surface area contributed by atoms with Gasteiger partial charge in [0.25, 0.3) is 10.2 Å². The van der Waals surface area contributed by atoms with E-state index in [0.29, 0.717) is 11.1 Å². The van der Waals surface area contributed by atoms with Crippen molar-refractivity contribution in [2.75, 3.05) is 0 Å². The number of hydrogen-bond acceptors (Lipinski definition) is 7. The van der Waals surface area contributed by atoms with Gasteiger partial charge < -0.3 is 27.7 Å². The first kappa shape index (κ1) is 47.6. The summed E-state index contributed by atoms with van der Waals surface area (Å²) in [5, 5.41) is 39.7. The number of nitrogens with zero attached hydrogens (tertiary/aromatic N) is 2. The number of carboxylic acid groups (broad SMARTS) is 2. The molecule has 0 fully saturated rings. The molecule has 2 rings (SSSR count). The van der Waals surface area contributed by atoms with Crippen LogP contribution in [0.25, 0.3) is 0 Å². The molecule has 0 unspecified atom stereocenters. The fraction of sp³-hybridized carbons (Fsp3) is 0.167. The number of carbonyl (C=O) groups is 2. The van der Waals surface area contributed by atoms with Crippen molar-refractivity contribution in [3.8, 4) is 0 Å². The summed E-state index contributed by atoms with van der Waals surface area (Å²) in [6, 6.07) is 12.6. The van der Waals surface area contributed by atoms with Crippen LogP contribution in [-0.2, 0) is 62.6 Å². The standard InChI is InChI=1S/C9H10O2.C8H7NO5.CH3.2Ag.I2.HI.HNO3/c1-2-7-3-5-8(6-4-7)9(10)11;10-8(11)7-3-1-6(2-4-7)5-14-9(12)13;;;;1-2;;2-1(3)4/h3-6H,2H2,1H3,(H,10,11);1-4H,5H2,(H,10,11);1H3;;;;1H;(H,2,3,4)/q;;-1;;+1;;;. The van der Waals surface area contributed by atoms with Crippen molar-refractivity contribution in [3.63, 3.8) is 0 Å². The summed E-state index contributed by atoms with van der Waals surface area (Å²) in [6.07, 6.45) is 0.944. The van der Waals surface area contributed by atoms with Gasteiger partial charge in [-0.1, -0.05) is 31.2 Å². The van der Waals surface area contributed by atoms with Gasteiger partial charge in [-0.15, -0.1) is 44.2 Å². The molecule has 0 saturated heterocycles. The summed E-state index contributed by atoms with van der Waals surface area (Å²) in [6.45, 7) is 1.86. The Morgan fingerprint density at radius 2 is 1.17 bits per heavy atom. The van der Waals surface area contributed by atoms with Crippen LogP contribution in [0.4, 0.5) is 0 Å². The number of aryl methyl sites for hydroxylation is 1. The Morgan fingerprint density at radius 1 is 0.886 bits per heavy atom. The van der Waals surface area contributed by atoms with Crippen molar-refractivity contribution in [3.05, 3.63) is 98.4 Å². The minimum Gasteiger partial charge on any atom is -0.478 e. The van der Waals surface area contributed by atoms with Crippen LogP contribution in [-0.4, -0.2) is 37.5 Å². The Balaban J connectivity index is -0.0000000908. The quantitative estimate of drug-likeness (QED) is 0.109.